The fraction of sp³-hybridized carbons (Fsp3) is 0.538. The summed E-state index contributed by atoms with van der Waals surface area (Å²) in [4.78, 5) is 2.49. The van der Waals surface area contributed by atoms with Crippen molar-refractivity contribution in [1.82, 2.24) is 10.2 Å². The maximum Gasteiger partial charge on any atom is 0.0551 e. The van der Waals surface area contributed by atoms with E-state index in [0.29, 0.717) is 6.04 Å². The van der Waals surface area contributed by atoms with Gasteiger partial charge in [-0.25, -0.2) is 0 Å². The summed E-state index contributed by atoms with van der Waals surface area (Å²) in [6, 6.07) is 6.85. The van der Waals surface area contributed by atoms with Crippen LogP contribution >= 0.6 is 39.9 Å². The van der Waals surface area contributed by atoms with E-state index >= 15 is 0 Å². The van der Waals surface area contributed by atoms with Crippen molar-refractivity contribution in [2.75, 3.05) is 20.1 Å². The first kappa shape index (κ1) is 16.3. The second-order valence-electron chi connectivity index (χ2n) is 4.61. The van der Waals surface area contributed by atoms with Gasteiger partial charge >= 0.3 is 0 Å². The molecule has 0 aromatic heterocycles. The third kappa shape index (κ3) is 4.39. The van der Waals surface area contributed by atoms with Crippen LogP contribution in [0.2, 0.25) is 5.02 Å². The first-order valence-electron chi connectivity index (χ1n) is 6.02. The second kappa shape index (κ2) is 7.71. The van der Waals surface area contributed by atoms with Crippen molar-refractivity contribution in [3.05, 3.63) is 33.3 Å². The first-order valence-corrected chi connectivity index (χ1v) is 7.19. The molecule has 1 atom stereocenters. The van der Waals surface area contributed by atoms with Crippen LogP contribution in [0.3, 0.4) is 0 Å². The van der Waals surface area contributed by atoms with Gasteiger partial charge in [-0.1, -0.05) is 17.7 Å². The van der Waals surface area contributed by atoms with Crippen LogP contribution in [0.25, 0.3) is 0 Å². The molecule has 2 nitrogen and oxygen atoms in total. The van der Waals surface area contributed by atoms with Gasteiger partial charge in [0, 0.05) is 23.6 Å². The van der Waals surface area contributed by atoms with Gasteiger partial charge in [0.2, 0.25) is 0 Å². The van der Waals surface area contributed by atoms with Gasteiger partial charge in [0.25, 0.3) is 0 Å². The van der Waals surface area contributed by atoms with E-state index in [2.05, 4.69) is 38.3 Å². The minimum absolute atomic E-state index is 0. The van der Waals surface area contributed by atoms with Gasteiger partial charge in [0.15, 0.2) is 0 Å². The number of nitrogens with one attached hydrogen (secondary N) is 1. The first-order chi connectivity index (χ1) is 8.19. The molecule has 0 bridgehead atoms. The third-order valence-corrected chi connectivity index (χ3v) is 4.54. The van der Waals surface area contributed by atoms with E-state index in [1.54, 1.807) is 0 Å². The van der Waals surface area contributed by atoms with Crippen molar-refractivity contribution in [3.63, 3.8) is 0 Å². The lowest BCUT2D eigenvalue weighted by molar-refractivity contribution is 0.188. The average molecular weight is 354 g/mol. The van der Waals surface area contributed by atoms with Crippen molar-refractivity contribution in [1.29, 1.82) is 0 Å². The standard InChI is InChI=1S/C13H18BrClN2.ClH/c1-16-11-3-2-6-17(9-11)8-10-4-5-12(14)13(15)7-10;/h4-5,7,11,16H,2-3,6,8-9H2,1H3;1H. The molecule has 0 amide bonds. The lowest BCUT2D eigenvalue weighted by Gasteiger charge is -2.32. The van der Waals surface area contributed by atoms with Gasteiger partial charge in [-0.3, -0.25) is 4.90 Å². The fourth-order valence-electron chi connectivity index (χ4n) is 2.33. The predicted molar refractivity (Wildman–Crippen MR) is 83.8 cm³/mol. The number of piperidine rings is 1. The van der Waals surface area contributed by atoms with Crippen LogP contribution in [-0.2, 0) is 6.54 Å². The largest absolute Gasteiger partial charge is 0.316 e. The zero-order chi connectivity index (χ0) is 12.3. The zero-order valence-electron chi connectivity index (χ0n) is 10.5. The molecular weight excluding hydrogens is 335 g/mol. The van der Waals surface area contributed by atoms with E-state index < -0.39 is 0 Å². The third-order valence-electron chi connectivity index (χ3n) is 3.30. The highest BCUT2D eigenvalue weighted by molar-refractivity contribution is 9.10. The van der Waals surface area contributed by atoms with E-state index in [1.807, 2.05) is 13.1 Å². The molecule has 1 saturated heterocycles. The van der Waals surface area contributed by atoms with E-state index in [-0.39, 0.29) is 12.4 Å². The van der Waals surface area contributed by atoms with E-state index in [0.717, 1.165) is 22.6 Å². The van der Waals surface area contributed by atoms with Crippen LogP contribution in [-0.4, -0.2) is 31.1 Å². The molecule has 0 saturated carbocycles. The molecule has 1 heterocycles. The number of nitrogens with zero attached hydrogens (tertiary/aromatic N) is 1. The Bertz CT molecular complexity index is 387. The number of rotatable bonds is 3. The van der Waals surface area contributed by atoms with Crippen LogP contribution in [0, 0.1) is 0 Å². The molecule has 2 rings (SSSR count). The summed E-state index contributed by atoms with van der Waals surface area (Å²) in [6.07, 6.45) is 2.56. The number of hydrogen-bond donors (Lipinski definition) is 1. The number of hydrogen-bond acceptors (Lipinski definition) is 2. The molecule has 102 valence electrons. The summed E-state index contributed by atoms with van der Waals surface area (Å²) in [5.74, 6) is 0. The van der Waals surface area contributed by atoms with Crippen LogP contribution in [0.15, 0.2) is 22.7 Å². The zero-order valence-corrected chi connectivity index (χ0v) is 13.6. The topological polar surface area (TPSA) is 15.3 Å². The molecular formula is C13H19BrCl2N2. The summed E-state index contributed by atoms with van der Waals surface area (Å²) in [7, 11) is 2.05. The molecule has 0 spiro atoms. The summed E-state index contributed by atoms with van der Waals surface area (Å²) in [5, 5.41) is 4.16. The van der Waals surface area contributed by atoms with Crippen molar-refractivity contribution < 1.29 is 0 Å². The maximum absolute atomic E-state index is 6.11. The predicted octanol–water partition coefficient (Wildman–Crippen LogP) is 3.71. The summed E-state index contributed by atoms with van der Waals surface area (Å²) < 4.78 is 0.967. The van der Waals surface area contributed by atoms with Crippen molar-refractivity contribution in [3.8, 4) is 0 Å². The quantitative estimate of drug-likeness (QED) is 0.891. The van der Waals surface area contributed by atoms with E-state index in [1.165, 1.54) is 24.9 Å². The molecule has 1 N–H and O–H groups in total. The fourth-order valence-corrected chi connectivity index (χ4v) is 2.78. The summed E-state index contributed by atoms with van der Waals surface area (Å²) in [6.45, 7) is 3.31. The normalized spacial score (nSPS) is 20.5. The van der Waals surface area contributed by atoms with Gasteiger partial charge in [0.1, 0.15) is 0 Å². The number of benzene rings is 1. The maximum atomic E-state index is 6.11. The van der Waals surface area contributed by atoms with Gasteiger partial charge in [-0.05, 0) is 60.1 Å². The summed E-state index contributed by atoms with van der Waals surface area (Å²) >= 11 is 9.53. The Labute approximate surface area is 129 Å². The molecule has 1 unspecified atom stereocenters. The van der Waals surface area contributed by atoms with Gasteiger partial charge in [0.05, 0.1) is 5.02 Å². The molecule has 1 fully saturated rings. The van der Waals surface area contributed by atoms with Gasteiger partial charge in [-0.15, -0.1) is 12.4 Å². The molecule has 1 aromatic carbocycles. The van der Waals surface area contributed by atoms with Gasteiger partial charge in [-0.2, -0.15) is 0 Å². The Balaban J connectivity index is 0.00000162. The number of likely N-dealkylation sites (tertiary alicyclic amines) is 1. The highest BCUT2D eigenvalue weighted by Crippen LogP contribution is 2.24. The highest BCUT2D eigenvalue weighted by atomic mass is 79.9. The number of halogens is 3. The molecule has 0 radical (unpaired) electrons. The number of likely N-dealkylation sites (N-methyl/N-ethyl adjacent to an activating group) is 1. The summed E-state index contributed by atoms with van der Waals surface area (Å²) in [5.41, 5.74) is 1.29. The minimum atomic E-state index is 0. The van der Waals surface area contributed by atoms with E-state index in [9.17, 15) is 0 Å². The smallest absolute Gasteiger partial charge is 0.0551 e. The molecule has 1 aromatic rings. The second-order valence-corrected chi connectivity index (χ2v) is 5.87. The van der Waals surface area contributed by atoms with Gasteiger partial charge < -0.3 is 5.32 Å². The Morgan fingerprint density at radius 3 is 2.94 bits per heavy atom. The lowest BCUT2D eigenvalue weighted by atomic mass is 10.1. The highest BCUT2D eigenvalue weighted by Gasteiger charge is 2.18. The minimum Gasteiger partial charge on any atom is -0.316 e. The molecule has 1 aliphatic rings. The van der Waals surface area contributed by atoms with Crippen LogP contribution < -0.4 is 5.32 Å². The molecule has 0 aliphatic carbocycles. The van der Waals surface area contributed by atoms with Crippen LogP contribution in [0.5, 0.6) is 0 Å². The average Bonchev–Trinajstić information content (AvgIpc) is 2.34. The lowest BCUT2D eigenvalue weighted by Crippen LogP contribution is -2.43. The van der Waals surface area contributed by atoms with Crippen molar-refractivity contribution in [2.24, 2.45) is 0 Å². The Morgan fingerprint density at radius 2 is 2.28 bits per heavy atom. The molecule has 1 aliphatic heterocycles. The van der Waals surface area contributed by atoms with E-state index in [4.69, 9.17) is 11.6 Å². The van der Waals surface area contributed by atoms with Crippen molar-refractivity contribution in [2.45, 2.75) is 25.4 Å². The Morgan fingerprint density at radius 1 is 1.50 bits per heavy atom. The Hall–Kier alpha value is 0.200. The Kier molecular flexibility index (Phi) is 6.96. The molecule has 18 heavy (non-hydrogen) atoms. The molecule has 5 heteroatoms. The monoisotopic (exact) mass is 352 g/mol. The van der Waals surface area contributed by atoms with Crippen LogP contribution in [0.4, 0.5) is 0 Å². The SMILES string of the molecule is CNC1CCCN(Cc2ccc(Br)c(Cl)c2)C1.Cl. The van der Waals surface area contributed by atoms with Crippen molar-refractivity contribution >= 4 is 39.9 Å². The van der Waals surface area contributed by atoms with Crippen LogP contribution in [0.1, 0.15) is 18.4 Å².